The molecule has 1 aromatic carbocycles. The molecule has 0 fully saturated rings. The summed E-state index contributed by atoms with van der Waals surface area (Å²) in [5, 5.41) is 15.6. The molecule has 0 amide bonds. The third kappa shape index (κ3) is 9.77. The van der Waals surface area contributed by atoms with Crippen molar-refractivity contribution in [3.63, 3.8) is 0 Å². The van der Waals surface area contributed by atoms with E-state index in [9.17, 15) is 22.8 Å². The maximum Gasteiger partial charge on any atom is 0.416 e. The Morgan fingerprint density at radius 2 is 1.58 bits per heavy atom. The maximum absolute atomic E-state index is 12.5. The van der Waals surface area contributed by atoms with Crippen molar-refractivity contribution in [3.05, 3.63) is 40.9 Å². The van der Waals surface area contributed by atoms with Crippen molar-refractivity contribution in [2.45, 2.75) is 6.18 Å². The number of benzene rings is 1. The van der Waals surface area contributed by atoms with Crippen molar-refractivity contribution < 1.29 is 33.0 Å². The summed E-state index contributed by atoms with van der Waals surface area (Å²) in [5.74, 6) is -3.27. The number of hydrogen-bond donors (Lipinski definition) is 5. The summed E-state index contributed by atoms with van der Waals surface area (Å²) in [5.41, 5.74) is 14.3. The number of hydrogen-bond acceptors (Lipinski definition) is 3. The highest BCUT2D eigenvalue weighted by atomic mass is 35.5. The van der Waals surface area contributed by atoms with Gasteiger partial charge in [-0.15, -0.1) is 0 Å². The van der Waals surface area contributed by atoms with Gasteiger partial charge in [-0.25, -0.2) is 14.6 Å². The van der Waals surface area contributed by atoms with E-state index in [1.165, 1.54) is 0 Å². The summed E-state index contributed by atoms with van der Waals surface area (Å²) < 4.78 is 37.4. The fourth-order valence-electron chi connectivity index (χ4n) is 1.20. The lowest BCUT2D eigenvalue weighted by molar-refractivity contribution is -0.137. The topological polar surface area (TPSA) is 177 Å². The Morgan fingerprint density at radius 3 is 1.96 bits per heavy atom. The van der Waals surface area contributed by atoms with Crippen molar-refractivity contribution in [1.29, 1.82) is 0 Å². The van der Waals surface area contributed by atoms with Crippen LogP contribution in [-0.4, -0.2) is 34.1 Å². The molecule has 0 radical (unpaired) electrons. The molecular weight excluding hydrogens is 383 g/mol. The summed E-state index contributed by atoms with van der Waals surface area (Å²) in [4.78, 5) is 26.1. The minimum Gasteiger partial charge on any atom is -0.478 e. The van der Waals surface area contributed by atoms with Gasteiger partial charge in [0, 0.05) is 12.2 Å². The van der Waals surface area contributed by atoms with Crippen LogP contribution in [0.15, 0.2) is 40.3 Å². The summed E-state index contributed by atoms with van der Waals surface area (Å²) in [6.45, 7) is 0. The Balaban J connectivity index is 0.000000660. The fraction of sp³-hybridized carbons (Fsp3) is 0.0769. The van der Waals surface area contributed by atoms with E-state index < -0.39 is 29.6 Å². The second kappa shape index (κ2) is 9.88. The largest absolute Gasteiger partial charge is 0.478 e. The van der Waals surface area contributed by atoms with Gasteiger partial charge >= 0.3 is 18.1 Å². The second-order valence-electron chi connectivity index (χ2n) is 4.18. The Kier molecular flexibility index (Phi) is 8.63. The van der Waals surface area contributed by atoms with E-state index in [4.69, 9.17) is 39.0 Å². The van der Waals surface area contributed by atoms with E-state index in [2.05, 4.69) is 9.98 Å². The van der Waals surface area contributed by atoms with Crippen LogP contribution in [0.25, 0.3) is 0 Å². The van der Waals surface area contributed by atoms with Crippen LogP contribution in [0, 0.1) is 0 Å². The van der Waals surface area contributed by atoms with Gasteiger partial charge in [0.15, 0.2) is 5.96 Å². The van der Waals surface area contributed by atoms with Crippen molar-refractivity contribution >= 4 is 41.1 Å². The fourth-order valence-corrected chi connectivity index (χ4v) is 1.36. The Bertz CT molecular complexity index is 743. The average Bonchev–Trinajstić information content (AvgIpc) is 2.46. The van der Waals surface area contributed by atoms with E-state index >= 15 is 0 Å². The second-order valence-corrected chi connectivity index (χ2v) is 4.59. The number of carbonyl (C=O) groups is 2. The zero-order chi connectivity index (χ0) is 20.5. The first-order chi connectivity index (χ1) is 11.8. The maximum atomic E-state index is 12.5. The lowest BCUT2D eigenvalue weighted by Gasteiger charge is -2.08. The van der Waals surface area contributed by atoms with Crippen LogP contribution in [0.1, 0.15) is 5.56 Å². The molecule has 142 valence electrons. The summed E-state index contributed by atoms with van der Waals surface area (Å²) in [7, 11) is 0. The number of guanidine groups is 2. The Labute approximate surface area is 149 Å². The van der Waals surface area contributed by atoms with E-state index in [1.807, 2.05) is 0 Å². The quantitative estimate of drug-likeness (QED) is 0.290. The highest BCUT2D eigenvalue weighted by molar-refractivity contribution is 6.33. The molecule has 0 aromatic heterocycles. The lowest BCUT2D eigenvalue weighted by atomic mass is 10.2. The summed E-state index contributed by atoms with van der Waals surface area (Å²) in [6, 6.07) is 2.64. The predicted octanol–water partition coefficient (Wildman–Crippen LogP) is 1.29. The highest BCUT2D eigenvalue weighted by Crippen LogP contribution is 2.34. The minimum atomic E-state index is -4.50. The van der Waals surface area contributed by atoms with Crippen molar-refractivity contribution in [2.75, 3.05) is 0 Å². The van der Waals surface area contributed by atoms with Gasteiger partial charge in [-0.1, -0.05) is 11.6 Å². The zero-order valence-corrected chi connectivity index (χ0v) is 13.5. The lowest BCUT2D eigenvalue weighted by Crippen LogP contribution is -2.26. The molecule has 0 bridgehead atoms. The molecule has 1 aromatic rings. The zero-order valence-electron chi connectivity index (χ0n) is 12.7. The first kappa shape index (κ1) is 22.7. The third-order valence-electron chi connectivity index (χ3n) is 2.12. The van der Waals surface area contributed by atoms with Crippen LogP contribution in [0.2, 0.25) is 5.02 Å². The average molecular weight is 396 g/mol. The molecule has 0 aliphatic heterocycles. The number of carboxylic acid groups (broad SMARTS) is 2. The van der Waals surface area contributed by atoms with Crippen LogP contribution in [0.3, 0.4) is 0 Å². The highest BCUT2D eigenvalue weighted by Gasteiger charge is 2.30. The molecule has 0 spiro atoms. The van der Waals surface area contributed by atoms with Gasteiger partial charge in [0.2, 0.25) is 5.96 Å². The van der Waals surface area contributed by atoms with Gasteiger partial charge < -0.3 is 27.4 Å². The van der Waals surface area contributed by atoms with Crippen molar-refractivity contribution in [3.8, 4) is 0 Å². The normalized spacial score (nSPS) is 11.5. The van der Waals surface area contributed by atoms with Crippen LogP contribution in [-0.2, 0) is 15.8 Å². The minimum absolute atomic E-state index is 0.00302. The van der Waals surface area contributed by atoms with E-state index in [0.717, 1.165) is 18.2 Å². The van der Waals surface area contributed by atoms with Gasteiger partial charge in [-0.3, -0.25) is 0 Å². The van der Waals surface area contributed by atoms with E-state index in [-0.39, 0.29) is 16.7 Å². The molecule has 26 heavy (non-hydrogen) atoms. The Hall–Kier alpha value is -3.28. The first-order valence-corrected chi connectivity index (χ1v) is 6.65. The monoisotopic (exact) mass is 395 g/mol. The van der Waals surface area contributed by atoms with Gasteiger partial charge in [-0.05, 0) is 18.2 Å². The molecule has 0 unspecified atom stereocenters. The van der Waals surface area contributed by atoms with E-state index in [1.54, 1.807) is 0 Å². The summed E-state index contributed by atoms with van der Waals surface area (Å²) in [6.07, 6.45) is -3.38. The van der Waals surface area contributed by atoms with E-state index in [0.29, 0.717) is 12.2 Å². The first-order valence-electron chi connectivity index (χ1n) is 6.27. The Morgan fingerprint density at radius 1 is 1.08 bits per heavy atom. The number of halogens is 4. The predicted molar refractivity (Wildman–Crippen MR) is 88.0 cm³/mol. The van der Waals surface area contributed by atoms with Crippen LogP contribution < -0.4 is 17.2 Å². The SMILES string of the molecule is NC(N)=NC(N)=Nc1cc(C(F)(F)F)ccc1Cl.O=C(O)/C=C/C(=O)O. The van der Waals surface area contributed by atoms with Gasteiger partial charge in [-0.2, -0.15) is 18.2 Å². The molecular formula is C13H13ClF3N5O4. The number of alkyl halides is 3. The number of aliphatic imine (C=N–C) groups is 2. The molecule has 0 heterocycles. The van der Waals surface area contributed by atoms with Gasteiger partial charge in [0.25, 0.3) is 0 Å². The van der Waals surface area contributed by atoms with Crippen LogP contribution in [0.4, 0.5) is 18.9 Å². The standard InChI is InChI=1S/C9H9ClF3N5.C4H4O4/c10-5-2-1-4(9(11,12)13)3-6(5)17-8(16)18-7(14)15;5-3(6)1-2-4(7)8/h1-3H,(H6,14,15,16,17,18);1-2H,(H,5,6)(H,7,8)/b;2-1+. The van der Waals surface area contributed by atoms with Crippen molar-refractivity contribution in [1.82, 2.24) is 0 Å². The van der Waals surface area contributed by atoms with Gasteiger partial charge in [0.1, 0.15) is 0 Å². The van der Waals surface area contributed by atoms with Crippen LogP contribution in [0.5, 0.6) is 0 Å². The molecule has 8 N–H and O–H groups in total. The van der Waals surface area contributed by atoms with Gasteiger partial charge in [0.05, 0.1) is 16.3 Å². The molecule has 0 saturated carbocycles. The molecule has 0 aliphatic rings. The number of nitrogens with two attached hydrogens (primary N) is 3. The molecule has 0 saturated heterocycles. The molecule has 1 rings (SSSR count). The molecule has 0 aliphatic carbocycles. The number of aliphatic carboxylic acids is 2. The number of carboxylic acids is 2. The third-order valence-corrected chi connectivity index (χ3v) is 2.44. The molecule has 0 atom stereocenters. The number of nitrogens with zero attached hydrogens (tertiary/aromatic N) is 2. The molecule has 9 nitrogen and oxygen atoms in total. The van der Waals surface area contributed by atoms with Crippen molar-refractivity contribution in [2.24, 2.45) is 27.2 Å². The number of rotatable bonds is 3. The molecule has 13 heteroatoms. The summed E-state index contributed by atoms with van der Waals surface area (Å²) >= 11 is 5.69. The smallest absolute Gasteiger partial charge is 0.416 e. The van der Waals surface area contributed by atoms with Crippen LogP contribution >= 0.6 is 11.6 Å².